The van der Waals surface area contributed by atoms with Crippen molar-refractivity contribution in [1.82, 2.24) is 4.90 Å². The Labute approximate surface area is 105 Å². The first kappa shape index (κ1) is 10.4. The third-order valence-electron chi connectivity index (χ3n) is 5.68. The molecule has 0 radical (unpaired) electrons. The van der Waals surface area contributed by atoms with Gasteiger partial charge in [-0.25, -0.2) is 0 Å². The zero-order chi connectivity index (χ0) is 11.2. The van der Waals surface area contributed by atoms with Crippen molar-refractivity contribution in [2.75, 3.05) is 19.6 Å². The van der Waals surface area contributed by atoms with Crippen molar-refractivity contribution in [1.29, 1.82) is 0 Å². The maximum absolute atomic E-state index is 2.86. The molecule has 1 saturated heterocycles. The van der Waals surface area contributed by atoms with Crippen LogP contribution in [0.5, 0.6) is 0 Å². The van der Waals surface area contributed by atoms with Gasteiger partial charge in [0.25, 0.3) is 0 Å². The van der Waals surface area contributed by atoms with E-state index in [1.165, 1.54) is 71.0 Å². The maximum atomic E-state index is 2.86. The molecule has 2 nitrogen and oxygen atoms in total. The molecular formula is C15H25N2+. The van der Waals surface area contributed by atoms with Crippen LogP contribution in [-0.4, -0.2) is 41.0 Å². The molecule has 1 aliphatic carbocycles. The highest BCUT2D eigenvalue weighted by atomic mass is 15.3. The fourth-order valence-corrected chi connectivity index (χ4v) is 5.04. The van der Waals surface area contributed by atoms with Gasteiger partial charge < -0.3 is 0 Å². The maximum Gasteiger partial charge on any atom is 0.247 e. The Morgan fingerprint density at radius 3 is 2.82 bits per heavy atom. The zero-order valence-electron chi connectivity index (χ0n) is 10.9. The summed E-state index contributed by atoms with van der Waals surface area (Å²) < 4.78 is 2.75. The smallest absolute Gasteiger partial charge is 0.247 e. The summed E-state index contributed by atoms with van der Waals surface area (Å²) in [4.78, 5) is 2.86. The van der Waals surface area contributed by atoms with E-state index in [4.69, 9.17) is 0 Å². The van der Waals surface area contributed by atoms with Gasteiger partial charge >= 0.3 is 0 Å². The van der Waals surface area contributed by atoms with Crippen molar-refractivity contribution in [3.05, 3.63) is 0 Å². The number of hydrogen-bond donors (Lipinski definition) is 0. The predicted molar refractivity (Wildman–Crippen MR) is 69.4 cm³/mol. The molecule has 0 aromatic rings. The average molecular weight is 233 g/mol. The third kappa shape index (κ3) is 1.56. The lowest BCUT2D eigenvalue weighted by Gasteiger charge is -2.49. The summed E-state index contributed by atoms with van der Waals surface area (Å²) in [6, 6.07) is 0.946. The standard InChI is InChI=1S/C15H25N2/c1-2-9-16-11-13-6-3-5-12-7-4-10-17(15(12)13)14(16)8-1/h12-13,15H,1-11H2/q+1/t12-,13-,15+/m1/s1. The van der Waals surface area contributed by atoms with Crippen LogP contribution >= 0.6 is 0 Å². The lowest BCUT2D eigenvalue weighted by molar-refractivity contribution is -0.556. The fraction of sp³-hybridized carbons (Fsp3) is 0.933. The highest BCUT2D eigenvalue weighted by molar-refractivity contribution is 5.78. The first-order valence-electron chi connectivity index (χ1n) is 7.81. The number of amidine groups is 1. The SMILES string of the molecule is C1CC[N+]2=C(C1)N1CCC[C@H]3CCC[C@H](C2)[C@H]31. The van der Waals surface area contributed by atoms with Crippen LogP contribution in [0.3, 0.4) is 0 Å². The van der Waals surface area contributed by atoms with Crippen LogP contribution in [0.1, 0.15) is 51.4 Å². The average Bonchev–Trinajstić information content (AvgIpc) is 2.39. The van der Waals surface area contributed by atoms with E-state index in [0.29, 0.717) is 0 Å². The first-order valence-corrected chi connectivity index (χ1v) is 7.81. The number of fused-ring (bicyclic) bond motifs is 1. The van der Waals surface area contributed by atoms with Gasteiger partial charge in [0.15, 0.2) is 0 Å². The summed E-state index contributed by atoms with van der Waals surface area (Å²) >= 11 is 0. The van der Waals surface area contributed by atoms with E-state index in [-0.39, 0.29) is 0 Å². The van der Waals surface area contributed by atoms with Crippen LogP contribution in [0, 0.1) is 11.8 Å². The fourth-order valence-electron chi connectivity index (χ4n) is 5.04. The Morgan fingerprint density at radius 2 is 1.82 bits per heavy atom. The quantitative estimate of drug-likeness (QED) is 0.583. The minimum Gasteiger partial charge on any atom is -0.265 e. The second-order valence-electron chi connectivity index (χ2n) is 6.60. The molecule has 2 fully saturated rings. The van der Waals surface area contributed by atoms with E-state index < -0.39 is 0 Å². The van der Waals surface area contributed by atoms with Gasteiger partial charge in [0, 0.05) is 12.3 Å². The van der Waals surface area contributed by atoms with Gasteiger partial charge in [-0.3, -0.25) is 9.48 Å². The second-order valence-corrected chi connectivity index (χ2v) is 6.60. The lowest BCUT2D eigenvalue weighted by atomic mass is 9.71. The van der Waals surface area contributed by atoms with Crippen molar-refractivity contribution in [3.8, 4) is 0 Å². The zero-order valence-corrected chi connectivity index (χ0v) is 10.9. The van der Waals surface area contributed by atoms with Crippen LogP contribution in [0.25, 0.3) is 0 Å². The van der Waals surface area contributed by atoms with Crippen molar-refractivity contribution >= 4 is 5.84 Å². The number of rotatable bonds is 0. The van der Waals surface area contributed by atoms with E-state index in [1.54, 1.807) is 5.84 Å². The number of nitrogens with zero attached hydrogens (tertiary/aromatic N) is 2. The molecule has 0 amide bonds. The first-order chi connectivity index (χ1) is 8.43. The molecule has 17 heavy (non-hydrogen) atoms. The van der Waals surface area contributed by atoms with E-state index >= 15 is 0 Å². The molecule has 4 rings (SSSR count). The highest BCUT2D eigenvalue weighted by Gasteiger charge is 2.49. The minimum atomic E-state index is 0.946. The van der Waals surface area contributed by atoms with Gasteiger partial charge in [0.05, 0.1) is 19.6 Å². The molecule has 0 N–H and O–H groups in total. The molecule has 3 aliphatic heterocycles. The second kappa shape index (κ2) is 4.00. The summed E-state index contributed by atoms with van der Waals surface area (Å²) in [5.41, 5.74) is 0. The van der Waals surface area contributed by atoms with Gasteiger partial charge in [0.2, 0.25) is 5.84 Å². The largest absolute Gasteiger partial charge is 0.265 e. The summed E-state index contributed by atoms with van der Waals surface area (Å²) in [6.45, 7) is 4.11. The third-order valence-corrected chi connectivity index (χ3v) is 5.68. The normalized spacial score (nSPS) is 40.9. The molecule has 1 saturated carbocycles. The minimum absolute atomic E-state index is 0.946. The highest BCUT2D eigenvalue weighted by Crippen LogP contribution is 2.41. The van der Waals surface area contributed by atoms with Gasteiger partial charge in [-0.15, -0.1) is 0 Å². The summed E-state index contributed by atoms with van der Waals surface area (Å²) in [5, 5.41) is 0. The van der Waals surface area contributed by atoms with Gasteiger partial charge in [-0.2, -0.15) is 0 Å². The van der Waals surface area contributed by atoms with E-state index in [9.17, 15) is 0 Å². The topological polar surface area (TPSA) is 6.25 Å². The molecule has 0 aromatic carbocycles. The van der Waals surface area contributed by atoms with E-state index in [2.05, 4.69) is 9.48 Å². The molecule has 0 unspecified atom stereocenters. The van der Waals surface area contributed by atoms with Crippen molar-refractivity contribution in [3.63, 3.8) is 0 Å². The van der Waals surface area contributed by atoms with Crippen molar-refractivity contribution < 1.29 is 4.58 Å². The monoisotopic (exact) mass is 233 g/mol. The number of piperidine rings is 1. The molecule has 4 aliphatic rings. The van der Waals surface area contributed by atoms with Crippen molar-refractivity contribution in [2.45, 2.75) is 57.4 Å². The van der Waals surface area contributed by atoms with Crippen LogP contribution < -0.4 is 0 Å². The lowest BCUT2D eigenvalue weighted by Crippen LogP contribution is -2.61. The molecule has 2 heteroatoms. The molecule has 94 valence electrons. The summed E-state index contributed by atoms with van der Waals surface area (Å²) in [6.07, 6.45) is 11.7. The Balaban J connectivity index is 1.72. The van der Waals surface area contributed by atoms with Gasteiger partial charge in [0.1, 0.15) is 6.04 Å². The summed E-state index contributed by atoms with van der Waals surface area (Å²) in [5.74, 6) is 3.78. The summed E-state index contributed by atoms with van der Waals surface area (Å²) in [7, 11) is 0. The van der Waals surface area contributed by atoms with E-state index in [0.717, 1.165) is 17.9 Å². The molecule has 0 spiro atoms. The Morgan fingerprint density at radius 1 is 0.941 bits per heavy atom. The Bertz CT molecular complexity index is 345. The van der Waals surface area contributed by atoms with E-state index in [1.807, 2.05) is 0 Å². The van der Waals surface area contributed by atoms with Crippen LogP contribution in [0.15, 0.2) is 0 Å². The molecule has 3 heterocycles. The predicted octanol–water partition coefficient (Wildman–Crippen LogP) is 2.48. The van der Waals surface area contributed by atoms with Crippen LogP contribution in [0.4, 0.5) is 0 Å². The molecule has 0 aromatic heterocycles. The molecule has 3 atom stereocenters. The van der Waals surface area contributed by atoms with Gasteiger partial charge in [-0.05, 0) is 44.4 Å². The molecule has 0 bridgehead atoms. The van der Waals surface area contributed by atoms with Gasteiger partial charge in [-0.1, -0.05) is 6.42 Å². The number of hydrogen-bond acceptors (Lipinski definition) is 1. The Kier molecular flexibility index (Phi) is 2.44. The van der Waals surface area contributed by atoms with Crippen molar-refractivity contribution in [2.24, 2.45) is 11.8 Å². The van der Waals surface area contributed by atoms with Crippen LogP contribution in [0.2, 0.25) is 0 Å². The Hall–Kier alpha value is -0.530. The molecular weight excluding hydrogens is 208 g/mol. The van der Waals surface area contributed by atoms with Crippen LogP contribution in [-0.2, 0) is 0 Å².